The fraction of sp³-hybridized carbons (Fsp3) is 0.360. The van der Waals surface area contributed by atoms with E-state index in [4.69, 9.17) is 4.98 Å². The molecule has 2 N–H and O–H groups in total. The zero-order valence-corrected chi connectivity index (χ0v) is 19.8. The Hall–Kier alpha value is -2.96. The van der Waals surface area contributed by atoms with Gasteiger partial charge in [-0.05, 0) is 57.5 Å². The molecule has 3 aliphatic rings. The summed E-state index contributed by atoms with van der Waals surface area (Å²) in [5.74, 6) is -0.338. The summed E-state index contributed by atoms with van der Waals surface area (Å²) in [6, 6.07) is 2.85. The Morgan fingerprint density at radius 3 is 2.85 bits per heavy atom. The van der Waals surface area contributed by atoms with Crippen LogP contribution in [0, 0.1) is 12.7 Å². The Morgan fingerprint density at radius 2 is 2.12 bits per heavy atom. The summed E-state index contributed by atoms with van der Waals surface area (Å²) >= 11 is 0. The van der Waals surface area contributed by atoms with Crippen LogP contribution in [0.4, 0.5) is 4.39 Å². The molecular weight excluding hydrogens is 456 g/mol. The highest BCUT2D eigenvalue weighted by molar-refractivity contribution is 7.57. The molecule has 2 aromatic heterocycles. The smallest absolute Gasteiger partial charge is 0.255 e. The normalized spacial score (nSPS) is 23.1. The highest BCUT2D eigenvalue weighted by Crippen LogP contribution is 2.47. The van der Waals surface area contributed by atoms with E-state index in [-0.39, 0.29) is 44.5 Å². The van der Waals surface area contributed by atoms with Gasteiger partial charge in [-0.3, -0.25) is 14.4 Å². The van der Waals surface area contributed by atoms with Crippen molar-refractivity contribution in [2.45, 2.75) is 57.5 Å². The molecule has 7 nitrogen and oxygen atoms in total. The molecule has 3 aromatic rings. The summed E-state index contributed by atoms with van der Waals surface area (Å²) in [6.07, 6.45) is 2.40. The molecule has 0 bridgehead atoms. The number of carbonyl (C=O) groups is 2. The fourth-order valence-electron chi connectivity index (χ4n) is 5.92. The number of pyridine rings is 2. The third-order valence-corrected chi connectivity index (χ3v) is 9.03. The quantitative estimate of drug-likeness (QED) is 0.348. The SMILES string of the molecule is CC[C@@]1(O)C(=O)PCc2c1cc1n(c2=O)Cc2c-1nc1cc(F)c(C)c3c1c2[C@@H](NC=O)CC3. The standard InChI is InChI=1S/C25H23FN3O4P/c1-3-25(33)15-6-19-22-13(8-29(19)23(31)14(15)9-34-24(25)32)21-17(27-10-30)5-4-12-11(2)16(26)7-18(28-22)20(12)21/h6-7,10,17,33-34H,3-5,8-9H2,1-2H3,(H,27,30)/t17-,25-/m0/s1. The first-order valence-corrected chi connectivity index (χ1v) is 12.6. The van der Waals surface area contributed by atoms with Crippen LogP contribution in [0.15, 0.2) is 16.9 Å². The van der Waals surface area contributed by atoms with Gasteiger partial charge in [-0.15, -0.1) is 0 Å². The Bertz CT molecular complexity index is 1510. The number of fused-ring (bicyclic) bond motifs is 5. The number of aryl methyl sites for hydroxylation is 1. The van der Waals surface area contributed by atoms with E-state index in [1.165, 1.54) is 6.07 Å². The van der Waals surface area contributed by atoms with Crippen molar-refractivity contribution >= 4 is 31.4 Å². The molecule has 3 atom stereocenters. The van der Waals surface area contributed by atoms with Gasteiger partial charge < -0.3 is 15.0 Å². The predicted molar refractivity (Wildman–Crippen MR) is 127 cm³/mol. The number of rotatable bonds is 3. The lowest BCUT2D eigenvalue weighted by molar-refractivity contribution is -0.129. The molecular formula is C25H23FN3O4P. The van der Waals surface area contributed by atoms with Crippen LogP contribution in [0.2, 0.25) is 0 Å². The van der Waals surface area contributed by atoms with Gasteiger partial charge in [0, 0.05) is 34.3 Å². The van der Waals surface area contributed by atoms with Crippen molar-refractivity contribution < 1.29 is 19.1 Å². The first kappa shape index (κ1) is 21.6. The maximum absolute atomic E-state index is 14.8. The molecule has 0 saturated carbocycles. The first-order chi connectivity index (χ1) is 16.3. The minimum absolute atomic E-state index is 0.153. The van der Waals surface area contributed by atoms with Crippen molar-refractivity contribution in [3.63, 3.8) is 0 Å². The second-order valence-electron chi connectivity index (χ2n) is 9.29. The Balaban J connectivity index is 1.69. The highest BCUT2D eigenvalue weighted by Gasteiger charge is 2.44. The van der Waals surface area contributed by atoms with Crippen molar-refractivity contribution in [1.82, 2.24) is 14.9 Å². The Labute approximate surface area is 196 Å². The minimum Gasteiger partial charge on any atom is -0.377 e. The van der Waals surface area contributed by atoms with Gasteiger partial charge in [-0.25, -0.2) is 9.37 Å². The van der Waals surface area contributed by atoms with Crippen LogP contribution >= 0.6 is 8.58 Å². The lowest BCUT2D eigenvalue weighted by Crippen LogP contribution is -2.40. The molecule has 0 spiro atoms. The number of amides is 1. The maximum atomic E-state index is 14.8. The molecule has 1 aromatic carbocycles. The zero-order valence-electron chi connectivity index (χ0n) is 18.8. The van der Waals surface area contributed by atoms with Crippen molar-refractivity contribution in [3.8, 4) is 11.4 Å². The third-order valence-electron chi connectivity index (χ3n) is 7.76. The van der Waals surface area contributed by atoms with Crippen molar-refractivity contribution in [1.29, 1.82) is 0 Å². The van der Waals surface area contributed by atoms with Crippen molar-refractivity contribution in [2.24, 2.45) is 0 Å². The fourth-order valence-corrected chi connectivity index (χ4v) is 7.20. The van der Waals surface area contributed by atoms with E-state index in [0.29, 0.717) is 59.0 Å². The molecule has 4 heterocycles. The first-order valence-electron chi connectivity index (χ1n) is 11.4. The van der Waals surface area contributed by atoms with E-state index in [0.717, 1.165) is 22.1 Å². The second-order valence-corrected chi connectivity index (χ2v) is 10.5. The number of hydrogen-bond acceptors (Lipinski definition) is 5. The van der Waals surface area contributed by atoms with Crippen LogP contribution in [0.25, 0.3) is 22.3 Å². The minimum atomic E-state index is -1.69. The Morgan fingerprint density at radius 1 is 1.32 bits per heavy atom. The van der Waals surface area contributed by atoms with Crippen molar-refractivity contribution in [2.75, 3.05) is 0 Å². The number of halogens is 1. The number of aliphatic hydroxyl groups is 1. The van der Waals surface area contributed by atoms with Crippen LogP contribution in [0.1, 0.15) is 59.2 Å². The van der Waals surface area contributed by atoms with Gasteiger partial charge in [0.15, 0.2) is 11.1 Å². The van der Waals surface area contributed by atoms with E-state index in [2.05, 4.69) is 5.32 Å². The number of hydrogen-bond donors (Lipinski definition) is 2. The van der Waals surface area contributed by atoms with Crippen molar-refractivity contribution in [3.05, 3.63) is 61.7 Å². The summed E-state index contributed by atoms with van der Waals surface area (Å²) < 4.78 is 16.4. The lowest BCUT2D eigenvalue weighted by Gasteiger charge is -2.32. The number of nitrogens with zero attached hydrogens (tertiary/aromatic N) is 2. The number of benzene rings is 1. The predicted octanol–water partition coefficient (Wildman–Crippen LogP) is 2.92. The molecule has 1 unspecified atom stereocenters. The molecule has 0 radical (unpaired) electrons. The largest absolute Gasteiger partial charge is 0.377 e. The van der Waals surface area contributed by atoms with Gasteiger partial charge in [0.1, 0.15) is 5.82 Å². The number of aromatic nitrogens is 2. The summed E-state index contributed by atoms with van der Waals surface area (Å²) in [5.41, 5.74) is 3.35. The van der Waals surface area contributed by atoms with E-state index in [1.807, 2.05) is 0 Å². The summed E-state index contributed by atoms with van der Waals surface area (Å²) in [4.78, 5) is 42.4. The van der Waals surface area contributed by atoms with Crippen LogP contribution in [-0.2, 0) is 34.3 Å². The zero-order chi connectivity index (χ0) is 23.9. The van der Waals surface area contributed by atoms with E-state index < -0.39 is 5.60 Å². The van der Waals surface area contributed by atoms with Crippen LogP contribution in [-0.4, -0.2) is 26.6 Å². The van der Waals surface area contributed by atoms with Gasteiger partial charge in [0.2, 0.25) is 6.41 Å². The van der Waals surface area contributed by atoms with Gasteiger partial charge in [0.05, 0.1) is 29.5 Å². The molecule has 174 valence electrons. The van der Waals surface area contributed by atoms with Gasteiger partial charge in [-0.1, -0.05) is 6.92 Å². The molecule has 0 fully saturated rings. The van der Waals surface area contributed by atoms with E-state index >= 15 is 0 Å². The van der Waals surface area contributed by atoms with Crippen LogP contribution in [0.5, 0.6) is 0 Å². The monoisotopic (exact) mass is 479 g/mol. The van der Waals surface area contributed by atoms with Crippen LogP contribution in [0.3, 0.4) is 0 Å². The molecule has 1 aliphatic carbocycles. The van der Waals surface area contributed by atoms with Gasteiger partial charge in [0.25, 0.3) is 5.56 Å². The second kappa shape index (κ2) is 7.27. The average Bonchev–Trinajstić information content (AvgIpc) is 3.19. The molecule has 9 heteroatoms. The topological polar surface area (TPSA) is 101 Å². The number of carbonyl (C=O) groups excluding carboxylic acids is 2. The van der Waals surface area contributed by atoms with E-state index in [1.54, 1.807) is 24.5 Å². The third kappa shape index (κ3) is 2.64. The maximum Gasteiger partial charge on any atom is 0.255 e. The summed E-state index contributed by atoms with van der Waals surface area (Å²) in [5, 5.41) is 14.9. The molecule has 0 saturated heterocycles. The summed E-state index contributed by atoms with van der Waals surface area (Å²) in [6.45, 7) is 3.77. The molecule has 6 rings (SSSR count). The van der Waals surface area contributed by atoms with Gasteiger partial charge >= 0.3 is 0 Å². The van der Waals surface area contributed by atoms with Gasteiger partial charge in [-0.2, -0.15) is 0 Å². The van der Waals surface area contributed by atoms with Crippen LogP contribution < -0.4 is 10.9 Å². The van der Waals surface area contributed by atoms with E-state index in [9.17, 15) is 23.9 Å². The average molecular weight is 479 g/mol. The molecule has 34 heavy (non-hydrogen) atoms. The Kier molecular flexibility index (Phi) is 4.61. The summed E-state index contributed by atoms with van der Waals surface area (Å²) in [7, 11) is -0.153. The molecule has 1 amide bonds. The highest BCUT2D eigenvalue weighted by atomic mass is 31.1. The number of nitrogens with one attached hydrogen (secondary N) is 1. The molecule has 2 aliphatic heterocycles. The lowest BCUT2D eigenvalue weighted by atomic mass is 9.82.